The van der Waals surface area contributed by atoms with E-state index in [2.05, 4.69) is 10.3 Å². The van der Waals surface area contributed by atoms with Crippen LogP contribution in [-0.4, -0.2) is 16.7 Å². The summed E-state index contributed by atoms with van der Waals surface area (Å²) in [5.74, 6) is 1.47. The first-order chi connectivity index (χ1) is 11.7. The quantitative estimate of drug-likeness (QED) is 0.584. The number of aromatic nitrogens is 1. The fraction of sp³-hybridized carbons (Fsp3) is 0.118. The molecule has 0 saturated carbocycles. The number of non-ortho nitro benzene ring substituents is 1. The summed E-state index contributed by atoms with van der Waals surface area (Å²) in [6, 6.07) is 10.7. The zero-order chi connectivity index (χ0) is 16.5. The standard InChI is InChI=1S/C17H13N3O4/c21-20(22)15-3-2-14(12-5-6-18-9-13(12)15)19-8-11-1-4-16-17(7-11)24-10-23-16/h1-7,9,19H,8,10H2. The predicted octanol–water partition coefficient (Wildman–Crippen LogP) is 3.48. The Labute approximate surface area is 137 Å². The first-order valence-corrected chi connectivity index (χ1v) is 7.36. The Morgan fingerprint density at radius 2 is 2.00 bits per heavy atom. The first kappa shape index (κ1) is 14.3. The summed E-state index contributed by atoms with van der Waals surface area (Å²) >= 11 is 0. The molecule has 120 valence electrons. The number of pyridine rings is 1. The summed E-state index contributed by atoms with van der Waals surface area (Å²) in [5.41, 5.74) is 1.89. The summed E-state index contributed by atoms with van der Waals surface area (Å²) in [7, 11) is 0. The minimum atomic E-state index is -0.397. The lowest BCUT2D eigenvalue weighted by Gasteiger charge is -2.10. The van der Waals surface area contributed by atoms with E-state index in [0.717, 1.165) is 28.1 Å². The van der Waals surface area contributed by atoms with Crippen LogP contribution in [0.25, 0.3) is 10.8 Å². The van der Waals surface area contributed by atoms with Crippen LogP contribution in [0.3, 0.4) is 0 Å². The monoisotopic (exact) mass is 323 g/mol. The Bertz CT molecular complexity index is 942. The number of nitro groups is 1. The minimum Gasteiger partial charge on any atom is -0.454 e. The first-order valence-electron chi connectivity index (χ1n) is 7.36. The third kappa shape index (κ3) is 2.45. The number of nitrogens with one attached hydrogen (secondary N) is 1. The molecular weight excluding hydrogens is 310 g/mol. The number of nitro benzene ring substituents is 1. The van der Waals surface area contributed by atoms with E-state index in [1.807, 2.05) is 18.2 Å². The minimum absolute atomic E-state index is 0.0479. The normalized spacial score (nSPS) is 12.3. The Morgan fingerprint density at radius 1 is 1.12 bits per heavy atom. The predicted molar refractivity (Wildman–Crippen MR) is 88.3 cm³/mol. The maximum absolute atomic E-state index is 11.1. The lowest BCUT2D eigenvalue weighted by Crippen LogP contribution is -2.01. The Morgan fingerprint density at radius 3 is 2.88 bits per heavy atom. The van der Waals surface area contributed by atoms with E-state index >= 15 is 0 Å². The van der Waals surface area contributed by atoms with Crippen LogP contribution in [0.5, 0.6) is 11.5 Å². The summed E-state index contributed by atoms with van der Waals surface area (Å²) in [6.07, 6.45) is 3.14. The summed E-state index contributed by atoms with van der Waals surface area (Å²) in [6.45, 7) is 0.804. The van der Waals surface area contributed by atoms with Crippen molar-refractivity contribution in [2.24, 2.45) is 0 Å². The van der Waals surface area contributed by atoms with Gasteiger partial charge in [-0.1, -0.05) is 6.07 Å². The number of anilines is 1. The number of ether oxygens (including phenoxy) is 2. The molecular formula is C17H13N3O4. The van der Waals surface area contributed by atoms with Crippen LogP contribution in [0.4, 0.5) is 11.4 Å². The largest absolute Gasteiger partial charge is 0.454 e. The van der Waals surface area contributed by atoms with Crippen LogP contribution < -0.4 is 14.8 Å². The highest BCUT2D eigenvalue weighted by molar-refractivity contribution is 5.99. The van der Waals surface area contributed by atoms with Crippen molar-refractivity contribution in [3.05, 3.63) is 64.5 Å². The molecule has 0 saturated heterocycles. The van der Waals surface area contributed by atoms with Crippen molar-refractivity contribution in [3.63, 3.8) is 0 Å². The Hall–Kier alpha value is -3.35. The lowest BCUT2D eigenvalue weighted by molar-refractivity contribution is -0.383. The van der Waals surface area contributed by atoms with Gasteiger partial charge >= 0.3 is 0 Å². The van der Waals surface area contributed by atoms with Gasteiger partial charge in [-0.25, -0.2) is 0 Å². The summed E-state index contributed by atoms with van der Waals surface area (Å²) < 4.78 is 10.7. The maximum Gasteiger partial charge on any atom is 0.278 e. The van der Waals surface area contributed by atoms with E-state index in [4.69, 9.17) is 9.47 Å². The number of hydrogen-bond donors (Lipinski definition) is 1. The molecule has 1 aliphatic heterocycles. The molecule has 1 N–H and O–H groups in total. The fourth-order valence-corrected chi connectivity index (χ4v) is 2.74. The Kier molecular flexibility index (Phi) is 3.38. The highest BCUT2D eigenvalue weighted by Gasteiger charge is 2.15. The molecule has 2 aromatic carbocycles. The van der Waals surface area contributed by atoms with Gasteiger partial charge in [-0.05, 0) is 29.8 Å². The van der Waals surface area contributed by atoms with Crippen molar-refractivity contribution < 1.29 is 14.4 Å². The third-order valence-corrected chi connectivity index (χ3v) is 3.91. The molecule has 0 unspecified atom stereocenters. The van der Waals surface area contributed by atoms with E-state index in [9.17, 15) is 10.1 Å². The van der Waals surface area contributed by atoms with Gasteiger partial charge in [0.15, 0.2) is 11.5 Å². The van der Waals surface area contributed by atoms with Gasteiger partial charge in [0, 0.05) is 36.1 Å². The molecule has 0 fully saturated rings. The number of hydrogen-bond acceptors (Lipinski definition) is 6. The SMILES string of the molecule is O=[N+]([O-])c1ccc(NCc2ccc3c(c2)OCO3)c2ccncc12. The van der Waals surface area contributed by atoms with E-state index in [0.29, 0.717) is 11.9 Å². The Balaban J connectivity index is 1.63. The van der Waals surface area contributed by atoms with Crippen LogP contribution >= 0.6 is 0 Å². The van der Waals surface area contributed by atoms with Gasteiger partial charge in [0.05, 0.1) is 10.3 Å². The fourth-order valence-electron chi connectivity index (χ4n) is 2.74. The molecule has 24 heavy (non-hydrogen) atoms. The molecule has 1 aromatic heterocycles. The summed E-state index contributed by atoms with van der Waals surface area (Å²) in [4.78, 5) is 14.7. The van der Waals surface area contributed by atoms with Crippen molar-refractivity contribution in [3.8, 4) is 11.5 Å². The molecule has 7 heteroatoms. The molecule has 0 radical (unpaired) electrons. The second-order valence-electron chi connectivity index (χ2n) is 5.35. The van der Waals surface area contributed by atoms with Crippen molar-refractivity contribution in [1.29, 1.82) is 0 Å². The van der Waals surface area contributed by atoms with Crippen LogP contribution in [0.2, 0.25) is 0 Å². The molecule has 0 spiro atoms. The van der Waals surface area contributed by atoms with Gasteiger partial charge in [0.25, 0.3) is 5.69 Å². The molecule has 2 heterocycles. The second kappa shape index (κ2) is 5.69. The second-order valence-corrected chi connectivity index (χ2v) is 5.35. The van der Waals surface area contributed by atoms with Gasteiger partial charge in [-0.3, -0.25) is 15.1 Å². The lowest BCUT2D eigenvalue weighted by atomic mass is 10.1. The number of rotatable bonds is 4. The van der Waals surface area contributed by atoms with E-state index in [1.165, 1.54) is 12.3 Å². The zero-order valence-electron chi connectivity index (χ0n) is 12.6. The van der Waals surface area contributed by atoms with Crippen LogP contribution in [0.1, 0.15) is 5.56 Å². The van der Waals surface area contributed by atoms with Crippen molar-refractivity contribution in [2.75, 3.05) is 12.1 Å². The van der Waals surface area contributed by atoms with Gasteiger partial charge in [0.1, 0.15) is 0 Å². The van der Waals surface area contributed by atoms with E-state index in [1.54, 1.807) is 18.3 Å². The van der Waals surface area contributed by atoms with Gasteiger partial charge in [-0.15, -0.1) is 0 Å². The number of nitrogens with zero attached hydrogens (tertiary/aromatic N) is 2. The highest BCUT2D eigenvalue weighted by atomic mass is 16.7. The molecule has 7 nitrogen and oxygen atoms in total. The van der Waals surface area contributed by atoms with Crippen molar-refractivity contribution in [2.45, 2.75) is 6.54 Å². The smallest absolute Gasteiger partial charge is 0.278 e. The topological polar surface area (TPSA) is 86.5 Å². The van der Waals surface area contributed by atoms with Gasteiger partial charge < -0.3 is 14.8 Å². The van der Waals surface area contributed by atoms with E-state index < -0.39 is 4.92 Å². The zero-order valence-corrected chi connectivity index (χ0v) is 12.6. The number of benzene rings is 2. The summed E-state index contributed by atoms with van der Waals surface area (Å²) in [5, 5.41) is 15.7. The molecule has 0 bridgehead atoms. The highest BCUT2D eigenvalue weighted by Crippen LogP contribution is 2.34. The van der Waals surface area contributed by atoms with Crippen molar-refractivity contribution >= 4 is 22.1 Å². The number of fused-ring (bicyclic) bond motifs is 2. The van der Waals surface area contributed by atoms with E-state index in [-0.39, 0.29) is 12.5 Å². The molecule has 1 aliphatic rings. The third-order valence-electron chi connectivity index (χ3n) is 3.91. The average molecular weight is 323 g/mol. The van der Waals surface area contributed by atoms with Crippen LogP contribution in [0, 0.1) is 10.1 Å². The van der Waals surface area contributed by atoms with Gasteiger partial charge in [-0.2, -0.15) is 0 Å². The maximum atomic E-state index is 11.1. The molecule has 0 atom stereocenters. The molecule has 3 aromatic rings. The molecule has 4 rings (SSSR count). The molecule has 0 aliphatic carbocycles. The average Bonchev–Trinajstić information content (AvgIpc) is 3.07. The van der Waals surface area contributed by atoms with Crippen LogP contribution in [-0.2, 0) is 6.54 Å². The van der Waals surface area contributed by atoms with Crippen LogP contribution in [0.15, 0.2) is 48.8 Å². The van der Waals surface area contributed by atoms with Crippen molar-refractivity contribution in [1.82, 2.24) is 4.98 Å². The molecule has 0 amide bonds. The van der Waals surface area contributed by atoms with Gasteiger partial charge in [0.2, 0.25) is 6.79 Å².